The summed E-state index contributed by atoms with van der Waals surface area (Å²) in [6, 6.07) is 28.2. The van der Waals surface area contributed by atoms with Gasteiger partial charge in [-0.2, -0.15) is 0 Å². The van der Waals surface area contributed by atoms with Crippen molar-refractivity contribution in [3.05, 3.63) is 96.1 Å². The van der Waals surface area contributed by atoms with Crippen molar-refractivity contribution in [3.63, 3.8) is 0 Å². The molecule has 3 aromatic carbocycles. The average molecular weight is 541 g/mol. The van der Waals surface area contributed by atoms with Gasteiger partial charge in [0.25, 0.3) is 0 Å². The van der Waals surface area contributed by atoms with Crippen LogP contribution in [0.15, 0.2) is 84.9 Å². The summed E-state index contributed by atoms with van der Waals surface area (Å²) in [5, 5.41) is 12.6. The van der Waals surface area contributed by atoms with Gasteiger partial charge in [0.1, 0.15) is 5.75 Å². The number of nitrogens with zero attached hydrogens (tertiary/aromatic N) is 3. The van der Waals surface area contributed by atoms with Gasteiger partial charge in [0, 0.05) is 54.6 Å². The lowest BCUT2D eigenvalue weighted by Crippen LogP contribution is -2.66. The number of aliphatic hydroxyl groups is 1. The number of likely N-dealkylation sites (N-methyl/N-ethyl adjacent to an activating group) is 1. The van der Waals surface area contributed by atoms with Crippen LogP contribution >= 0.6 is 0 Å². The molecule has 2 amide bonds. The molecule has 0 saturated carbocycles. The molecule has 210 valence electrons. The van der Waals surface area contributed by atoms with Gasteiger partial charge in [-0.05, 0) is 75.5 Å². The number of benzene rings is 3. The van der Waals surface area contributed by atoms with E-state index in [1.165, 1.54) is 0 Å². The second-order valence-electron chi connectivity index (χ2n) is 10.4. The van der Waals surface area contributed by atoms with E-state index in [0.717, 1.165) is 48.5 Å². The molecule has 2 aliphatic rings. The van der Waals surface area contributed by atoms with Crippen molar-refractivity contribution in [3.8, 4) is 17.6 Å². The second kappa shape index (κ2) is 14.5. The summed E-state index contributed by atoms with van der Waals surface area (Å²) in [6.45, 7) is 2.59. The van der Waals surface area contributed by atoms with Crippen molar-refractivity contribution in [2.45, 2.75) is 31.0 Å². The Labute approximate surface area is 238 Å². The Bertz CT molecular complexity index is 1210. The first-order valence-electron chi connectivity index (χ1n) is 13.8. The highest BCUT2D eigenvalue weighted by Gasteiger charge is 2.42. The molecule has 1 unspecified atom stereocenters. The number of rotatable bonds is 4. The van der Waals surface area contributed by atoms with E-state index in [9.17, 15) is 9.90 Å². The number of fused-ring (bicyclic) bond motifs is 1. The maximum absolute atomic E-state index is 12.8. The van der Waals surface area contributed by atoms with Crippen molar-refractivity contribution in [1.29, 1.82) is 0 Å². The van der Waals surface area contributed by atoms with Crippen molar-refractivity contribution in [1.82, 2.24) is 14.7 Å². The highest BCUT2D eigenvalue weighted by molar-refractivity contribution is 5.89. The first kappa shape index (κ1) is 29.2. The van der Waals surface area contributed by atoms with Crippen LogP contribution in [0.5, 0.6) is 5.75 Å². The van der Waals surface area contributed by atoms with Crippen LogP contribution in [0.2, 0.25) is 0 Å². The molecule has 0 radical (unpaired) electrons. The molecule has 3 atom stereocenters. The normalized spacial score (nSPS) is 20.3. The third kappa shape index (κ3) is 8.09. The maximum atomic E-state index is 12.8. The Morgan fingerprint density at radius 2 is 1.55 bits per heavy atom. The summed E-state index contributed by atoms with van der Waals surface area (Å²) in [4.78, 5) is 19.3. The minimum Gasteiger partial charge on any atom is -0.497 e. The molecule has 2 aliphatic heterocycles. The molecule has 3 aromatic rings. The Kier molecular flexibility index (Phi) is 10.6. The van der Waals surface area contributed by atoms with Gasteiger partial charge in [-0.15, -0.1) is 0 Å². The minimum atomic E-state index is -0.0676. The first-order valence-corrected chi connectivity index (χ1v) is 13.8. The molecule has 0 spiro atoms. The fourth-order valence-electron chi connectivity index (χ4n) is 5.06. The Hall–Kier alpha value is -3.83. The maximum Gasteiger partial charge on any atom is 0.321 e. The number of amides is 2. The van der Waals surface area contributed by atoms with E-state index < -0.39 is 0 Å². The van der Waals surface area contributed by atoms with Crippen LogP contribution in [0.25, 0.3) is 0 Å². The number of hydrogen-bond acceptors (Lipinski definition) is 5. The molecule has 0 aromatic heterocycles. The summed E-state index contributed by atoms with van der Waals surface area (Å²) in [5.41, 5.74) is 2.87. The molecule has 0 aliphatic carbocycles. The Morgan fingerprint density at radius 1 is 0.950 bits per heavy atom. The fraction of sp³-hybridized carbons (Fsp3) is 0.364. The average Bonchev–Trinajstić information content (AvgIpc) is 2.97. The van der Waals surface area contributed by atoms with Gasteiger partial charge in [0.05, 0.1) is 13.7 Å². The molecule has 7 nitrogen and oxygen atoms in total. The molecule has 2 fully saturated rings. The van der Waals surface area contributed by atoms with Crippen molar-refractivity contribution < 1.29 is 14.6 Å². The Morgan fingerprint density at radius 3 is 2.08 bits per heavy atom. The molecule has 7 heteroatoms. The van der Waals surface area contributed by atoms with E-state index >= 15 is 0 Å². The Balaban J connectivity index is 0.000000222. The van der Waals surface area contributed by atoms with Crippen molar-refractivity contribution >= 4 is 11.7 Å². The van der Waals surface area contributed by atoms with E-state index in [-0.39, 0.29) is 18.7 Å². The summed E-state index contributed by atoms with van der Waals surface area (Å²) in [5.74, 6) is 6.99. The number of carbonyl (C=O) groups is 1. The number of aliphatic hydroxyl groups excluding tert-OH is 1. The van der Waals surface area contributed by atoms with Crippen LogP contribution in [0.4, 0.5) is 10.5 Å². The highest BCUT2D eigenvalue weighted by Crippen LogP contribution is 2.29. The summed E-state index contributed by atoms with van der Waals surface area (Å²) in [7, 11) is 5.78. The van der Waals surface area contributed by atoms with Crippen LogP contribution in [0.3, 0.4) is 0 Å². The zero-order valence-corrected chi connectivity index (χ0v) is 23.7. The van der Waals surface area contributed by atoms with Gasteiger partial charge in [0.15, 0.2) is 0 Å². The van der Waals surface area contributed by atoms with Gasteiger partial charge >= 0.3 is 6.03 Å². The second-order valence-corrected chi connectivity index (χ2v) is 10.4. The van der Waals surface area contributed by atoms with Crippen molar-refractivity contribution in [2.75, 3.05) is 52.8 Å². The number of nitrogens with one attached hydrogen (secondary N) is 1. The SMILES string of the molecule is C(#Cc1ccccc1)c1ccccc1.COc1ccc(NC(=O)N2CCC(N(C)C)CN3[C@H](CO)C[C@@H]3C2)cc1. The molecule has 5 rings (SSSR count). The topological polar surface area (TPSA) is 68.3 Å². The molecule has 0 bridgehead atoms. The number of urea groups is 1. The highest BCUT2D eigenvalue weighted by atomic mass is 16.5. The van der Waals surface area contributed by atoms with Crippen LogP contribution in [-0.2, 0) is 0 Å². The zero-order valence-electron chi connectivity index (χ0n) is 23.7. The van der Waals surface area contributed by atoms with Gasteiger partial charge < -0.3 is 25.0 Å². The molecular formula is C33H40N4O3. The number of ether oxygens (including phenoxy) is 1. The summed E-state index contributed by atoms with van der Waals surface area (Å²) >= 11 is 0. The summed E-state index contributed by atoms with van der Waals surface area (Å²) < 4.78 is 5.16. The number of methoxy groups -OCH3 is 1. The number of hydrogen-bond donors (Lipinski definition) is 2. The van der Waals surface area contributed by atoms with Crippen molar-refractivity contribution in [2.24, 2.45) is 0 Å². The molecular weight excluding hydrogens is 500 g/mol. The zero-order chi connectivity index (χ0) is 28.3. The van der Waals surface area contributed by atoms with Gasteiger partial charge in [-0.25, -0.2) is 4.79 Å². The monoisotopic (exact) mass is 540 g/mol. The van der Waals surface area contributed by atoms with Crippen LogP contribution in [-0.4, -0.2) is 91.4 Å². The van der Waals surface area contributed by atoms with E-state index in [0.29, 0.717) is 18.6 Å². The first-order chi connectivity index (χ1) is 19.5. The molecule has 2 heterocycles. The summed E-state index contributed by atoms with van der Waals surface area (Å²) in [6.07, 6.45) is 1.87. The smallest absolute Gasteiger partial charge is 0.321 e. The standard InChI is InChI=1S/C19H30N4O3.C14H10/c1-21(2)15-8-9-22(11-16-10-17(13-24)23(16)12-15)19(25)20-14-4-6-18(26-3)7-5-14;1-3-7-13(8-4-1)11-12-14-9-5-2-6-10-14/h4-7,15-17,24H,8-13H2,1-3H3,(H,20,25);1-10H/t15?,16-,17+;/m1./s1. The third-order valence-corrected chi connectivity index (χ3v) is 7.54. The van der Waals surface area contributed by atoms with Crippen LogP contribution in [0, 0.1) is 11.8 Å². The molecule has 40 heavy (non-hydrogen) atoms. The van der Waals surface area contributed by atoms with Gasteiger partial charge in [-0.1, -0.05) is 48.2 Å². The third-order valence-electron chi connectivity index (χ3n) is 7.54. The lowest BCUT2D eigenvalue weighted by molar-refractivity contribution is -0.0504. The van der Waals surface area contributed by atoms with Gasteiger partial charge in [0.2, 0.25) is 0 Å². The number of carbonyl (C=O) groups excluding carboxylic acids is 1. The predicted octanol–water partition coefficient (Wildman–Crippen LogP) is 4.38. The fourth-order valence-corrected chi connectivity index (χ4v) is 5.06. The van der Waals surface area contributed by atoms with Gasteiger partial charge in [-0.3, -0.25) is 4.90 Å². The largest absolute Gasteiger partial charge is 0.497 e. The molecule has 2 saturated heterocycles. The predicted molar refractivity (Wildman–Crippen MR) is 161 cm³/mol. The van der Waals surface area contributed by atoms with E-state index in [4.69, 9.17) is 4.74 Å². The van der Waals surface area contributed by atoms with Crippen LogP contribution in [0.1, 0.15) is 24.0 Å². The minimum absolute atomic E-state index is 0.0676. The van der Waals surface area contributed by atoms with E-state index in [1.54, 1.807) is 7.11 Å². The van der Waals surface area contributed by atoms with E-state index in [1.807, 2.05) is 89.8 Å². The van der Waals surface area contributed by atoms with Crippen LogP contribution < -0.4 is 10.1 Å². The molecule has 2 N–H and O–H groups in total. The number of anilines is 1. The lowest BCUT2D eigenvalue weighted by atomic mass is 9.90. The lowest BCUT2D eigenvalue weighted by Gasteiger charge is -2.53. The van der Waals surface area contributed by atoms with E-state index in [2.05, 4.69) is 41.1 Å². The quantitative estimate of drug-likeness (QED) is 0.481.